The molecular formula is C16H13N2O2S-. The first-order valence-corrected chi connectivity index (χ1v) is 7.50. The van der Waals surface area contributed by atoms with Crippen LogP contribution in [0.25, 0.3) is 22.5 Å². The molecule has 1 atom stereocenters. The predicted molar refractivity (Wildman–Crippen MR) is 81.3 cm³/mol. The number of rotatable bonds is 3. The summed E-state index contributed by atoms with van der Waals surface area (Å²) in [6.07, 6.45) is 3.67. The van der Waals surface area contributed by atoms with Crippen molar-refractivity contribution in [2.75, 3.05) is 0 Å². The molecule has 4 nitrogen and oxygen atoms in total. The Kier molecular flexibility index (Phi) is 3.68. The summed E-state index contributed by atoms with van der Waals surface area (Å²) in [6, 6.07) is 14.8. The first kappa shape index (κ1) is 13.7. The van der Waals surface area contributed by atoms with Crippen molar-refractivity contribution in [3.05, 3.63) is 60.9 Å². The topological polar surface area (TPSA) is 58.0 Å². The number of hydrogen-bond donors (Lipinski definition) is 0. The fourth-order valence-corrected chi connectivity index (χ4v) is 2.60. The van der Waals surface area contributed by atoms with Gasteiger partial charge in [0.15, 0.2) is 0 Å². The van der Waals surface area contributed by atoms with Crippen LogP contribution in [0.3, 0.4) is 0 Å². The molecule has 1 aromatic heterocycles. The quantitative estimate of drug-likeness (QED) is 0.698. The molecule has 0 spiro atoms. The Morgan fingerprint density at radius 3 is 2.38 bits per heavy atom. The molecule has 2 aromatic carbocycles. The van der Waals surface area contributed by atoms with Gasteiger partial charge in [-0.05, 0) is 40.4 Å². The maximum absolute atomic E-state index is 10.9. The summed E-state index contributed by atoms with van der Waals surface area (Å²) in [5.74, 6) is 0.897. The monoisotopic (exact) mass is 297 g/mol. The van der Waals surface area contributed by atoms with Crippen LogP contribution in [-0.4, -0.2) is 18.3 Å². The molecule has 0 aliphatic heterocycles. The molecule has 106 valence electrons. The first-order chi connectivity index (χ1) is 10.1. The summed E-state index contributed by atoms with van der Waals surface area (Å²) in [6.45, 7) is 0. The van der Waals surface area contributed by atoms with Gasteiger partial charge >= 0.3 is 0 Å². The Hall–Kier alpha value is -2.24. The van der Waals surface area contributed by atoms with E-state index in [-0.39, 0.29) is 0 Å². The minimum Gasteiger partial charge on any atom is -0.768 e. The minimum atomic E-state index is -2.19. The second-order valence-electron chi connectivity index (χ2n) is 4.70. The van der Waals surface area contributed by atoms with E-state index >= 15 is 0 Å². The maximum Gasteiger partial charge on any atom is 0.139 e. The van der Waals surface area contributed by atoms with Crippen LogP contribution in [0.5, 0.6) is 0 Å². The normalized spacial score (nSPS) is 12.3. The van der Waals surface area contributed by atoms with Gasteiger partial charge in [-0.25, -0.2) is 4.98 Å². The van der Waals surface area contributed by atoms with E-state index in [1.807, 2.05) is 54.2 Å². The highest BCUT2D eigenvalue weighted by Gasteiger charge is 2.05. The van der Waals surface area contributed by atoms with E-state index < -0.39 is 11.1 Å². The Labute approximate surface area is 125 Å². The van der Waals surface area contributed by atoms with Gasteiger partial charge in [0.2, 0.25) is 0 Å². The summed E-state index contributed by atoms with van der Waals surface area (Å²) in [5, 5.41) is 0. The minimum absolute atomic E-state index is 0.291. The lowest BCUT2D eigenvalue weighted by Gasteiger charge is -2.08. The lowest BCUT2D eigenvalue weighted by atomic mass is 10.0. The largest absolute Gasteiger partial charge is 0.768 e. The molecule has 0 saturated carbocycles. The molecule has 3 rings (SSSR count). The highest BCUT2D eigenvalue weighted by Crippen LogP contribution is 2.25. The van der Waals surface area contributed by atoms with E-state index in [0.717, 1.165) is 22.5 Å². The number of aryl methyl sites for hydroxylation is 1. The summed E-state index contributed by atoms with van der Waals surface area (Å²) >= 11 is -2.19. The highest BCUT2D eigenvalue weighted by atomic mass is 32.2. The molecular weight excluding hydrogens is 284 g/mol. The van der Waals surface area contributed by atoms with E-state index in [9.17, 15) is 8.76 Å². The van der Waals surface area contributed by atoms with Crippen LogP contribution in [0.4, 0.5) is 0 Å². The van der Waals surface area contributed by atoms with E-state index in [1.54, 1.807) is 18.3 Å². The lowest BCUT2D eigenvalue weighted by molar-refractivity contribution is 0.537. The molecule has 0 N–H and O–H groups in total. The summed E-state index contributed by atoms with van der Waals surface area (Å²) in [4.78, 5) is 4.63. The zero-order valence-electron chi connectivity index (χ0n) is 11.4. The average Bonchev–Trinajstić information content (AvgIpc) is 2.94. The molecule has 0 amide bonds. The Bertz CT molecular complexity index is 794. The van der Waals surface area contributed by atoms with Crippen molar-refractivity contribution in [3.63, 3.8) is 0 Å². The van der Waals surface area contributed by atoms with Gasteiger partial charge < -0.3 is 9.12 Å². The average molecular weight is 297 g/mol. The molecule has 21 heavy (non-hydrogen) atoms. The molecule has 0 aliphatic rings. The lowest BCUT2D eigenvalue weighted by Crippen LogP contribution is -1.92. The second-order valence-corrected chi connectivity index (χ2v) is 5.64. The van der Waals surface area contributed by atoms with Crippen molar-refractivity contribution in [2.45, 2.75) is 4.90 Å². The molecule has 3 aromatic rings. The van der Waals surface area contributed by atoms with Crippen molar-refractivity contribution in [2.24, 2.45) is 7.05 Å². The van der Waals surface area contributed by atoms with Crippen LogP contribution in [0.15, 0.2) is 65.8 Å². The third-order valence-electron chi connectivity index (χ3n) is 3.32. The summed E-state index contributed by atoms with van der Waals surface area (Å²) in [7, 11) is 1.95. The smallest absolute Gasteiger partial charge is 0.139 e. The Balaban J connectivity index is 2.00. The zero-order valence-corrected chi connectivity index (χ0v) is 12.2. The number of nitrogens with zero attached hydrogens (tertiary/aromatic N) is 2. The van der Waals surface area contributed by atoms with E-state index in [0.29, 0.717) is 4.90 Å². The Morgan fingerprint density at radius 1 is 1.05 bits per heavy atom. The van der Waals surface area contributed by atoms with Gasteiger partial charge in [0.05, 0.1) is 0 Å². The van der Waals surface area contributed by atoms with E-state index in [4.69, 9.17) is 0 Å². The van der Waals surface area contributed by atoms with Gasteiger partial charge in [0.1, 0.15) is 5.82 Å². The van der Waals surface area contributed by atoms with Gasteiger partial charge in [-0.15, -0.1) is 0 Å². The van der Waals surface area contributed by atoms with Gasteiger partial charge in [-0.2, -0.15) is 0 Å². The summed E-state index contributed by atoms with van der Waals surface area (Å²) in [5.41, 5.74) is 3.02. The van der Waals surface area contributed by atoms with Gasteiger partial charge in [0.25, 0.3) is 0 Å². The maximum atomic E-state index is 10.9. The van der Waals surface area contributed by atoms with Gasteiger partial charge in [-0.1, -0.05) is 30.3 Å². The third-order valence-corrected chi connectivity index (χ3v) is 3.98. The standard InChI is InChI=1S/C16H14N2O2S/c1-18-10-9-17-16(18)14-4-2-3-13(11-14)12-5-7-15(8-6-12)21(19)20/h2-11H,1H3,(H,19,20)/p-1. The van der Waals surface area contributed by atoms with E-state index in [1.165, 1.54) is 0 Å². The van der Waals surface area contributed by atoms with Crippen molar-refractivity contribution < 1.29 is 8.76 Å². The first-order valence-electron chi connectivity index (χ1n) is 6.42. The number of aromatic nitrogens is 2. The van der Waals surface area contributed by atoms with Crippen LogP contribution >= 0.6 is 0 Å². The third kappa shape index (κ3) is 2.79. The fourth-order valence-electron chi connectivity index (χ4n) is 2.24. The molecule has 0 radical (unpaired) electrons. The predicted octanol–water partition coefficient (Wildman–Crippen LogP) is 2.99. The fraction of sp³-hybridized carbons (Fsp3) is 0.0625. The molecule has 0 fully saturated rings. The molecule has 1 unspecified atom stereocenters. The molecule has 5 heteroatoms. The molecule has 0 bridgehead atoms. The Morgan fingerprint density at radius 2 is 1.76 bits per heavy atom. The van der Waals surface area contributed by atoms with Crippen LogP contribution < -0.4 is 0 Å². The van der Waals surface area contributed by atoms with Crippen molar-refractivity contribution in [3.8, 4) is 22.5 Å². The van der Waals surface area contributed by atoms with E-state index in [2.05, 4.69) is 4.98 Å². The SMILES string of the molecule is Cn1ccnc1-c1cccc(-c2ccc(S(=O)[O-])cc2)c1. The highest BCUT2D eigenvalue weighted by molar-refractivity contribution is 7.79. The van der Waals surface area contributed by atoms with Crippen LogP contribution in [0.1, 0.15) is 0 Å². The van der Waals surface area contributed by atoms with Gasteiger partial charge in [0, 0.05) is 29.9 Å². The molecule has 1 heterocycles. The van der Waals surface area contributed by atoms with Crippen LogP contribution in [0, 0.1) is 0 Å². The van der Waals surface area contributed by atoms with Crippen LogP contribution in [-0.2, 0) is 18.1 Å². The van der Waals surface area contributed by atoms with Gasteiger partial charge in [-0.3, -0.25) is 4.21 Å². The van der Waals surface area contributed by atoms with Crippen molar-refractivity contribution in [1.29, 1.82) is 0 Å². The molecule has 0 saturated heterocycles. The molecule has 0 aliphatic carbocycles. The number of hydrogen-bond acceptors (Lipinski definition) is 3. The second kappa shape index (κ2) is 5.63. The zero-order chi connectivity index (χ0) is 14.8. The van der Waals surface area contributed by atoms with Crippen molar-refractivity contribution >= 4 is 11.1 Å². The van der Waals surface area contributed by atoms with Crippen molar-refractivity contribution in [1.82, 2.24) is 9.55 Å². The number of imidazole rings is 1. The van der Waals surface area contributed by atoms with Crippen LogP contribution in [0.2, 0.25) is 0 Å². The summed E-state index contributed by atoms with van der Waals surface area (Å²) < 4.78 is 23.7. The number of benzene rings is 2.